The van der Waals surface area contributed by atoms with Gasteiger partial charge in [-0.15, -0.1) is 0 Å². The number of methoxy groups -OCH3 is 1. The lowest BCUT2D eigenvalue weighted by Crippen LogP contribution is -1.98. The molecule has 0 fully saturated rings. The molecule has 0 saturated carbocycles. The number of carbonyl (C=O) groups is 1. The second-order valence-corrected chi connectivity index (χ2v) is 4.55. The Kier molecular flexibility index (Phi) is 3.02. The number of hydrogen-bond donors (Lipinski definition) is 2. The lowest BCUT2D eigenvalue weighted by molar-refractivity contribution is 0.101. The van der Waals surface area contributed by atoms with Crippen molar-refractivity contribution in [3.05, 3.63) is 53.3 Å². The highest BCUT2D eigenvalue weighted by Crippen LogP contribution is 2.35. The predicted molar refractivity (Wildman–Crippen MR) is 75.7 cm³/mol. The summed E-state index contributed by atoms with van der Waals surface area (Å²) in [7, 11) is 1.45. The van der Waals surface area contributed by atoms with Crippen molar-refractivity contribution in [3.8, 4) is 23.0 Å². The molecule has 0 radical (unpaired) electrons. The molecule has 0 aliphatic carbocycles. The summed E-state index contributed by atoms with van der Waals surface area (Å²) < 4.78 is 10.5. The molecule has 0 atom stereocenters. The van der Waals surface area contributed by atoms with Gasteiger partial charge in [0.2, 0.25) is 5.78 Å². The number of ether oxygens (including phenoxy) is 2. The molecule has 5 heteroatoms. The van der Waals surface area contributed by atoms with Crippen LogP contribution >= 0.6 is 0 Å². The number of phenolic OH excluding ortho intramolecular Hbond substituents is 2. The van der Waals surface area contributed by atoms with Crippen LogP contribution in [0.5, 0.6) is 23.0 Å². The van der Waals surface area contributed by atoms with Crippen LogP contribution in [0, 0.1) is 0 Å². The molecule has 1 aliphatic rings. The van der Waals surface area contributed by atoms with Crippen molar-refractivity contribution in [2.24, 2.45) is 0 Å². The smallest absolute Gasteiger partial charge is 0.231 e. The summed E-state index contributed by atoms with van der Waals surface area (Å²) in [5.74, 6) is 0.600. The summed E-state index contributed by atoms with van der Waals surface area (Å²) in [5.41, 5.74) is 1.06. The number of ketones is 1. The molecule has 5 nitrogen and oxygen atoms in total. The van der Waals surface area contributed by atoms with Gasteiger partial charge in [0, 0.05) is 6.07 Å². The van der Waals surface area contributed by atoms with Crippen molar-refractivity contribution in [2.45, 2.75) is 0 Å². The van der Waals surface area contributed by atoms with Crippen molar-refractivity contribution in [2.75, 3.05) is 7.11 Å². The number of allylic oxidation sites excluding steroid dienone is 1. The van der Waals surface area contributed by atoms with Gasteiger partial charge >= 0.3 is 0 Å². The van der Waals surface area contributed by atoms with E-state index in [-0.39, 0.29) is 23.0 Å². The summed E-state index contributed by atoms with van der Waals surface area (Å²) in [6.07, 6.45) is 1.56. The monoisotopic (exact) mass is 284 g/mol. The zero-order chi connectivity index (χ0) is 15.0. The number of phenols is 2. The van der Waals surface area contributed by atoms with Gasteiger partial charge in [-0.05, 0) is 35.9 Å². The Bertz CT molecular complexity index is 761. The molecule has 2 N–H and O–H groups in total. The van der Waals surface area contributed by atoms with E-state index in [0.29, 0.717) is 22.6 Å². The van der Waals surface area contributed by atoms with Gasteiger partial charge < -0.3 is 19.7 Å². The highest BCUT2D eigenvalue weighted by molar-refractivity contribution is 6.14. The molecule has 0 aromatic heterocycles. The van der Waals surface area contributed by atoms with Crippen LogP contribution in [0.1, 0.15) is 15.9 Å². The van der Waals surface area contributed by atoms with Crippen LogP contribution in [0.2, 0.25) is 0 Å². The third kappa shape index (κ3) is 2.29. The summed E-state index contributed by atoms with van der Waals surface area (Å²) in [5, 5.41) is 19.0. The minimum Gasteiger partial charge on any atom is -0.508 e. The lowest BCUT2D eigenvalue weighted by Gasteiger charge is -2.04. The summed E-state index contributed by atoms with van der Waals surface area (Å²) in [6, 6.07) is 9.06. The van der Waals surface area contributed by atoms with Gasteiger partial charge in [-0.3, -0.25) is 4.79 Å². The molecule has 0 amide bonds. The van der Waals surface area contributed by atoms with E-state index < -0.39 is 0 Å². The van der Waals surface area contributed by atoms with E-state index in [1.54, 1.807) is 18.2 Å². The molecular weight excluding hydrogens is 272 g/mol. The Morgan fingerprint density at radius 3 is 2.71 bits per heavy atom. The average molecular weight is 284 g/mol. The van der Waals surface area contributed by atoms with Crippen LogP contribution in [0.25, 0.3) is 6.08 Å². The fourth-order valence-electron chi connectivity index (χ4n) is 2.11. The minimum absolute atomic E-state index is 0.0199. The van der Waals surface area contributed by atoms with Crippen LogP contribution in [-0.4, -0.2) is 23.1 Å². The van der Waals surface area contributed by atoms with Gasteiger partial charge in [0.05, 0.1) is 12.7 Å². The van der Waals surface area contributed by atoms with Crippen LogP contribution < -0.4 is 9.47 Å². The standard InChI is InChI=1S/C16H12O5/c1-20-14-6-9(2-5-12(14)18)7-15-16(19)11-4-3-10(17)8-13(11)21-15/h2-8,17-18H,1H3. The van der Waals surface area contributed by atoms with E-state index in [1.807, 2.05) is 0 Å². The van der Waals surface area contributed by atoms with E-state index in [0.717, 1.165) is 0 Å². The number of fused-ring (bicyclic) bond motifs is 1. The zero-order valence-electron chi connectivity index (χ0n) is 11.2. The van der Waals surface area contributed by atoms with Gasteiger partial charge in [-0.2, -0.15) is 0 Å². The lowest BCUT2D eigenvalue weighted by atomic mass is 10.1. The second-order valence-electron chi connectivity index (χ2n) is 4.55. The highest BCUT2D eigenvalue weighted by Gasteiger charge is 2.27. The quantitative estimate of drug-likeness (QED) is 0.829. The summed E-state index contributed by atoms with van der Waals surface area (Å²) in [4.78, 5) is 12.2. The van der Waals surface area contributed by atoms with Crippen LogP contribution in [0.15, 0.2) is 42.2 Å². The van der Waals surface area contributed by atoms with Crippen molar-refractivity contribution in [1.29, 1.82) is 0 Å². The van der Waals surface area contributed by atoms with E-state index in [4.69, 9.17) is 9.47 Å². The first-order valence-electron chi connectivity index (χ1n) is 6.23. The van der Waals surface area contributed by atoms with E-state index in [1.165, 1.54) is 31.4 Å². The molecule has 0 unspecified atom stereocenters. The zero-order valence-corrected chi connectivity index (χ0v) is 11.2. The molecule has 0 saturated heterocycles. The molecule has 0 spiro atoms. The molecule has 106 valence electrons. The largest absolute Gasteiger partial charge is 0.508 e. The van der Waals surface area contributed by atoms with Crippen LogP contribution in [0.4, 0.5) is 0 Å². The first-order valence-corrected chi connectivity index (χ1v) is 6.23. The second kappa shape index (κ2) is 4.86. The van der Waals surface area contributed by atoms with Crippen molar-refractivity contribution < 1.29 is 24.5 Å². The first kappa shape index (κ1) is 13.1. The van der Waals surface area contributed by atoms with Gasteiger partial charge in [-0.25, -0.2) is 0 Å². The maximum atomic E-state index is 12.2. The fraction of sp³-hybridized carbons (Fsp3) is 0.0625. The van der Waals surface area contributed by atoms with Gasteiger partial charge in [0.25, 0.3) is 0 Å². The fourth-order valence-corrected chi connectivity index (χ4v) is 2.11. The third-order valence-electron chi connectivity index (χ3n) is 3.16. The van der Waals surface area contributed by atoms with Gasteiger partial charge in [-0.1, -0.05) is 6.07 Å². The molecule has 1 aliphatic heterocycles. The Labute approximate surface area is 120 Å². The summed E-state index contributed by atoms with van der Waals surface area (Å²) in [6.45, 7) is 0. The number of hydrogen-bond acceptors (Lipinski definition) is 5. The van der Waals surface area contributed by atoms with Crippen molar-refractivity contribution >= 4 is 11.9 Å². The first-order chi connectivity index (χ1) is 10.1. The van der Waals surface area contributed by atoms with Crippen LogP contribution in [-0.2, 0) is 0 Å². The maximum Gasteiger partial charge on any atom is 0.231 e. The van der Waals surface area contributed by atoms with E-state index >= 15 is 0 Å². The number of aromatic hydroxyl groups is 2. The molecule has 3 rings (SSSR count). The van der Waals surface area contributed by atoms with Crippen molar-refractivity contribution in [1.82, 2.24) is 0 Å². The van der Waals surface area contributed by atoms with Crippen molar-refractivity contribution in [3.63, 3.8) is 0 Å². The molecular formula is C16H12O5. The average Bonchev–Trinajstić information content (AvgIpc) is 2.76. The van der Waals surface area contributed by atoms with E-state index in [9.17, 15) is 15.0 Å². The Morgan fingerprint density at radius 1 is 1.14 bits per heavy atom. The topological polar surface area (TPSA) is 76.0 Å². The normalized spacial score (nSPS) is 14.9. The number of carbonyl (C=O) groups excluding carboxylic acids is 1. The Morgan fingerprint density at radius 2 is 1.95 bits per heavy atom. The number of Topliss-reactive ketones (excluding diaryl/α,β-unsaturated/α-hetero) is 1. The molecule has 21 heavy (non-hydrogen) atoms. The number of rotatable bonds is 2. The minimum atomic E-state index is -0.253. The molecule has 1 heterocycles. The predicted octanol–water partition coefficient (Wildman–Crippen LogP) is 2.72. The van der Waals surface area contributed by atoms with Gasteiger partial charge in [0.15, 0.2) is 17.3 Å². The third-order valence-corrected chi connectivity index (χ3v) is 3.16. The SMILES string of the molecule is COc1cc(C=C2Oc3cc(O)ccc3C2=O)ccc1O. The Balaban J connectivity index is 1.97. The van der Waals surface area contributed by atoms with Gasteiger partial charge in [0.1, 0.15) is 11.5 Å². The number of benzene rings is 2. The molecule has 2 aromatic rings. The van der Waals surface area contributed by atoms with Crippen LogP contribution in [0.3, 0.4) is 0 Å². The maximum absolute atomic E-state index is 12.2. The Hall–Kier alpha value is -2.95. The molecule has 0 bridgehead atoms. The highest BCUT2D eigenvalue weighted by atomic mass is 16.5. The summed E-state index contributed by atoms with van der Waals surface area (Å²) >= 11 is 0. The molecule has 2 aromatic carbocycles. The van der Waals surface area contributed by atoms with E-state index in [2.05, 4.69) is 0 Å².